The molecule has 0 aliphatic rings. The highest BCUT2D eigenvalue weighted by Crippen LogP contribution is 2.32. The van der Waals surface area contributed by atoms with Crippen LogP contribution in [-0.4, -0.2) is 6.47 Å². The summed E-state index contributed by atoms with van der Waals surface area (Å²) in [5, 5.41) is 2.44. The van der Waals surface area contributed by atoms with E-state index in [9.17, 15) is 4.79 Å². The van der Waals surface area contributed by atoms with Gasteiger partial charge in [-0.15, -0.1) is 0 Å². The quantitative estimate of drug-likeness (QED) is 0.705. The first kappa shape index (κ1) is 13.4. The van der Waals surface area contributed by atoms with Gasteiger partial charge in [0.1, 0.15) is 6.61 Å². The second kappa shape index (κ2) is 5.80. The molecule has 21 heavy (non-hydrogen) atoms. The van der Waals surface area contributed by atoms with Gasteiger partial charge in [0.05, 0.1) is 0 Å². The first-order valence-corrected chi connectivity index (χ1v) is 6.87. The van der Waals surface area contributed by atoms with Crippen molar-refractivity contribution in [1.29, 1.82) is 0 Å². The highest BCUT2D eigenvalue weighted by Gasteiger charge is 2.09. The van der Waals surface area contributed by atoms with Gasteiger partial charge in [0.15, 0.2) is 0 Å². The van der Waals surface area contributed by atoms with E-state index in [0.29, 0.717) is 0 Å². The molecule has 2 heteroatoms. The first-order chi connectivity index (χ1) is 10.3. The Morgan fingerprint density at radius 3 is 2.48 bits per heavy atom. The minimum atomic E-state index is 0.258. The number of rotatable bonds is 4. The van der Waals surface area contributed by atoms with Crippen LogP contribution in [0.2, 0.25) is 0 Å². The van der Waals surface area contributed by atoms with E-state index in [2.05, 4.69) is 49.4 Å². The van der Waals surface area contributed by atoms with Crippen LogP contribution in [0.15, 0.2) is 60.7 Å². The molecule has 3 rings (SSSR count). The molecule has 0 aliphatic carbocycles. The lowest BCUT2D eigenvalue weighted by Crippen LogP contribution is -1.96. The topological polar surface area (TPSA) is 26.3 Å². The standard InChI is InChI=1S/C19H15O2/c1-14-16(12-21-13-20)8-5-10-17(14)19-11-4-7-15-6-2-3-9-18(15)19/h2-11H,12H2,1H3. The Labute approximate surface area is 124 Å². The van der Waals surface area contributed by atoms with Gasteiger partial charge in [-0.3, -0.25) is 0 Å². The molecule has 0 heterocycles. The van der Waals surface area contributed by atoms with Gasteiger partial charge in [-0.05, 0) is 39.9 Å². The second-order valence-corrected chi connectivity index (χ2v) is 4.99. The Morgan fingerprint density at radius 1 is 0.905 bits per heavy atom. The van der Waals surface area contributed by atoms with Crippen molar-refractivity contribution in [3.05, 3.63) is 71.8 Å². The molecule has 0 saturated heterocycles. The van der Waals surface area contributed by atoms with Gasteiger partial charge >= 0.3 is 6.47 Å². The maximum absolute atomic E-state index is 10.3. The van der Waals surface area contributed by atoms with E-state index < -0.39 is 0 Å². The number of ether oxygens (including phenoxy) is 1. The SMILES string of the molecule is Cc1c(CO[C]=O)cccc1-c1cccc2ccccc12. The summed E-state index contributed by atoms with van der Waals surface area (Å²) < 4.78 is 4.77. The second-order valence-electron chi connectivity index (χ2n) is 4.99. The molecule has 103 valence electrons. The number of hydrogen-bond acceptors (Lipinski definition) is 2. The van der Waals surface area contributed by atoms with E-state index in [1.54, 1.807) is 0 Å². The van der Waals surface area contributed by atoms with Gasteiger partial charge in [-0.25, -0.2) is 4.79 Å². The van der Waals surface area contributed by atoms with Crippen LogP contribution in [-0.2, 0) is 16.1 Å². The molecular formula is C19H15O2. The third-order valence-corrected chi connectivity index (χ3v) is 3.81. The maximum Gasteiger partial charge on any atom is 0.417 e. The van der Waals surface area contributed by atoms with Crippen LogP contribution in [0.1, 0.15) is 11.1 Å². The molecule has 0 aliphatic heterocycles. The molecule has 0 spiro atoms. The zero-order valence-electron chi connectivity index (χ0n) is 11.8. The maximum atomic E-state index is 10.3. The van der Waals surface area contributed by atoms with Gasteiger partial charge in [0, 0.05) is 0 Å². The van der Waals surface area contributed by atoms with E-state index in [4.69, 9.17) is 4.74 Å². The molecule has 2 nitrogen and oxygen atoms in total. The minimum absolute atomic E-state index is 0.258. The lowest BCUT2D eigenvalue weighted by Gasteiger charge is -2.13. The highest BCUT2D eigenvalue weighted by molar-refractivity contribution is 5.97. The molecule has 0 unspecified atom stereocenters. The average molecular weight is 275 g/mol. The largest absolute Gasteiger partial charge is 0.452 e. The molecule has 0 fully saturated rings. The molecule has 0 saturated carbocycles. The van der Waals surface area contributed by atoms with Gasteiger partial charge in [-0.2, -0.15) is 0 Å². The van der Waals surface area contributed by atoms with Crippen molar-refractivity contribution in [2.24, 2.45) is 0 Å². The van der Waals surface area contributed by atoms with Crippen molar-refractivity contribution in [1.82, 2.24) is 0 Å². The van der Waals surface area contributed by atoms with Gasteiger partial charge in [-0.1, -0.05) is 60.7 Å². The summed E-state index contributed by atoms with van der Waals surface area (Å²) in [4.78, 5) is 10.3. The van der Waals surface area contributed by atoms with Crippen LogP contribution >= 0.6 is 0 Å². The lowest BCUT2D eigenvalue weighted by molar-refractivity contribution is 0.266. The Hall–Kier alpha value is -2.61. The fourth-order valence-electron chi connectivity index (χ4n) is 2.70. The van der Waals surface area contributed by atoms with Crippen LogP contribution in [0.25, 0.3) is 21.9 Å². The summed E-state index contributed by atoms with van der Waals surface area (Å²) in [7, 11) is 0. The van der Waals surface area contributed by atoms with Crippen molar-refractivity contribution in [2.45, 2.75) is 13.5 Å². The molecule has 0 aromatic heterocycles. The van der Waals surface area contributed by atoms with E-state index in [1.807, 2.05) is 18.2 Å². The van der Waals surface area contributed by atoms with Crippen LogP contribution in [0, 0.1) is 6.92 Å². The van der Waals surface area contributed by atoms with Crippen molar-refractivity contribution >= 4 is 17.2 Å². The van der Waals surface area contributed by atoms with Crippen molar-refractivity contribution < 1.29 is 9.53 Å². The Kier molecular flexibility index (Phi) is 3.69. The van der Waals surface area contributed by atoms with Crippen LogP contribution in [0.4, 0.5) is 0 Å². The van der Waals surface area contributed by atoms with Crippen LogP contribution < -0.4 is 0 Å². The van der Waals surface area contributed by atoms with Gasteiger partial charge < -0.3 is 4.74 Å². The van der Waals surface area contributed by atoms with E-state index in [-0.39, 0.29) is 6.61 Å². The average Bonchev–Trinajstić information content (AvgIpc) is 2.53. The van der Waals surface area contributed by atoms with Gasteiger partial charge in [0.2, 0.25) is 0 Å². The highest BCUT2D eigenvalue weighted by atomic mass is 16.5. The monoisotopic (exact) mass is 275 g/mol. The minimum Gasteiger partial charge on any atom is -0.452 e. The van der Waals surface area contributed by atoms with Crippen LogP contribution in [0.5, 0.6) is 0 Å². The third-order valence-electron chi connectivity index (χ3n) is 3.81. The Bertz CT molecular complexity index is 785. The fourth-order valence-corrected chi connectivity index (χ4v) is 2.70. The first-order valence-electron chi connectivity index (χ1n) is 6.87. The Balaban J connectivity index is 2.17. The number of fused-ring (bicyclic) bond motifs is 1. The van der Waals surface area contributed by atoms with Crippen molar-refractivity contribution in [3.8, 4) is 11.1 Å². The summed E-state index contributed by atoms with van der Waals surface area (Å²) in [6.45, 7) is 3.80. The molecule has 0 amide bonds. The van der Waals surface area contributed by atoms with Crippen LogP contribution in [0.3, 0.4) is 0 Å². The molecule has 0 atom stereocenters. The van der Waals surface area contributed by atoms with E-state index in [1.165, 1.54) is 28.4 Å². The Morgan fingerprint density at radius 2 is 1.62 bits per heavy atom. The van der Waals surface area contributed by atoms with Gasteiger partial charge in [0.25, 0.3) is 0 Å². The summed E-state index contributed by atoms with van der Waals surface area (Å²) in [6, 6.07) is 20.7. The number of hydrogen-bond donors (Lipinski definition) is 0. The summed E-state index contributed by atoms with van der Waals surface area (Å²) in [5.41, 5.74) is 4.49. The lowest BCUT2D eigenvalue weighted by atomic mass is 9.93. The molecule has 0 N–H and O–H groups in total. The fraction of sp³-hybridized carbons (Fsp3) is 0.105. The molecule has 3 aromatic carbocycles. The predicted molar refractivity (Wildman–Crippen MR) is 84.6 cm³/mol. The molecule has 1 radical (unpaired) electrons. The summed E-state index contributed by atoms with van der Waals surface area (Å²) in [5.74, 6) is 0. The third kappa shape index (κ3) is 2.52. The number of benzene rings is 3. The zero-order chi connectivity index (χ0) is 14.7. The van der Waals surface area contributed by atoms with E-state index >= 15 is 0 Å². The smallest absolute Gasteiger partial charge is 0.417 e. The summed E-state index contributed by atoms with van der Waals surface area (Å²) in [6.07, 6.45) is 0. The van der Waals surface area contributed by atoms with Crippen molar-refractivity contribution in [2.75, 3.05) is 0 Å². The zero-order valence-corrected chi connectivity index (χ0v) is 11.8. The van der Waals surface area contributed by atoms with E-state index in [0.717, 1.165) is 11.1 Å². The van der Waals surface area contributed by atoms with Crippen molar-refractivity contribution in [3.63, 3.8) is 0 Å². The predicted octanol–water partition coefficient (Wildman–Crippen LogP) is 4.40. The summed E-state index contributed by atoms with van der Waals surface area (Å²) >= 11 is 0. The molecule has 0 bridgehead atoms. The normalized spacial score (nSPS) is 10.5. The molecule has 3 aromatic rings. The molecular weight excluding hydrogens is 260 g/mol. The number of carbonyl (C=O) groups excluding carboxylic acids is 1.